The Hall–Kier alpha value is -0.540. The smallest absolute Gasteiger partial charge is 0.0410 e. The van der Waals surface area contributed by atoms with E-state index in [1.54, 1.807) is 0 Å². The van der Waals surface area contributed by atoms with Gasteiger partial charge in [0.25, 0.3) is 0 Å². The van der Waals surface area contributed by atoms with Crippen molar-refractivity contribution >= 4 is 21.6 Å². The topological polar surface area (TPSA) is 15.3 Å². The van der Waals surface area contributed by atoms with Crippen molar-refractivity contribution in [3.63, 3.8) is 0 Å². The highest BCUT2D eigenvalue weighted by molar-refractivity contribution is 9.10. The van der Waals surface area contributed by atoms with Crippen LogP contribution in [0.15, 0.2) is 22.7 Å². The van der Waals surface area contributed by atoms with Gasteiger partial charge in [0.2, 0.25) is 0 Å². The van der Waals surface area contributed by atoms with Gasteiger partial charge in [0.1, 0.15) is 0 Å². The van der Waals surface area contributed by atoms with Crippen LogP contribution in [0.5, 0.6) is 0 Å². The molecule has 1 rings (SSSR count). The first-order valence-electron chi connectivity index (χ1n) is 5.68. The van der Waals surface area contributed by atoms with E-state index in [0.717, 1.165) is 17.6 Å². The molecule has 0 bridgehead atoms. The Labute approximate surface area is 107 Å². The van der Waals surface area contributed by atoms with Crippen molar-refractivity contribution in [2.45, 2.75) is 20.4 Å². The molecule has 1 aromatic rings. The van der Waals surface area contributed by atoms with Crippen LogP contribution in [0.25, 0.3) is 0 Å². The van der Waals surface area contributed by atoms with Gasteiger partial charge in [-0.05, 0) is 36.7 Å². The normalized spacial score (nSPS) is 10.9. The van der Waals surface area contributed by atoms with Crippen LogP contribution in [0.4, 0.5) is 5.69 Å². The monoisotopic (exact) mass is 284 g/mol. The molecular formula is C13H21BrN2. The number of anilines is 1. The Bertz CT molecular complexity index is 337. The van der Waals surface area contributed by atoms with Crippen LogP contribution in [0.2, 0.25) is 0 Å². The van der Waals surface area contributed by atoms with Crippen molar-refractivity contribution < 1.29 is 0 Å². The molecule has 0 spiro atoms. The number of hydrogen-bond donors (Lipinski definition) is 1. The van der Waals surface area contributed by atoms with Gasteiger partial charge in [0.05, 0.1) is 0 Å². The molecule has 0 aliphatic heterocycles. The van der Waals surface area contributed by atoms with Gasteiger partial charge in [-0.25, -0.2) is 0 Å². The summed E-state index contributed by atoms with van der Waals surface area (Å²) in [6, 6.07) is 6.47. The Morgan fingerprint density at radius 3 is 2.62 bits per heavy atom. The maximum absolute atomic E-state index is 3.52. The molecule has 0 aliphatic carbocycles. The van der Waals surface area contributed by atoms with E-state index < -0.39 is 0 Å². The molecule has 0 unspecified atom stereocenters. The summed E-state index contributed by atoms with van der Waals surface area (Å²) in [6.07, 6.45) is 0. The number of rotatable bonds is 5. The summed E-state index contributed by atoms with van der Waals surface area (Å²) >= 11 is 3.52. The number of benzene rings is 1. The third kappa shape index (κ3) is 3.80. The summed E-state index contributed by atoms with van der Waals surface area (Å²) in [5.74, 6) is 0.677. The standard InChI is InChI=1S/C13H21BrN2/c1-10(2)9-16(4)13-6-5-12(14)7-11(13)8-15-3/h5-7,10,15H,8-9H2,1-4H3. The van der Waals surface area contributed by atoms with Crippen molar-refractivity contribution in [3.8, 4) is 0 Å². The minimum Gasteiger partial charge on any atom is -0.374 e. The van der Waals surface area contributed by atoms with Crippen LogP contribution in [-0.2, 0) is 6.54 Å². The third-order valence-corrected chi connectivity index (χ3v) is 2.95. The third-order valence-electron chi connectivity index (χ3n) is 2.46. The molecule has 2 nitrogen and oxygen atoms in total. The van der Waals surface area contributed by atoms with E-state index in [-0.39, 0.29) is 0 Å². The minimum absolute atomic E-state index is 0.677. The van der Waals surface area contributed by atoms with Crippen LogP contribution < -0.4 is 10.2 Å². The second-order valence-electron chi connectivity index (χ2n) is 4.58. The Morgan fingerprint density at radius 1 is 1.38 bits per heavy atom. The van der Waals surface area contributed by atoms with Crippen molar-refractivity contribution in [2.24, 2.45) is 5.92 Å². The van der Waals surface area contributed by atoms with Crippen molar-refractivity contribution in [2.75, 3.05) is 25.5 Å². The lowest BCUT2D eigenvalue weighted by Crippen LogP contribution is -2.24. The zero-order chi connectivity index (χ0) is 12.1. The van der Waals surface area contributed by atoms with Crippen molar-refractivity contribution in [1.82, 2.24) is 5.32 Å². The average Bonchev–Trinajstić information content (AvgIpc) is 2.17. The van der Waals surface area contributed by atoms with E-state index in [1.165, 1.54) is 11.3 Å². The van der Waals surface area contributed by atoms with E-state index in [1.807, 2.05) is 7.05 Å². The van der Waals surface area contributed by atoms with Gasteiger partial charge < -0.3 is 10.2 Å². The van der Waals surface area contributed by atoms with Gasteiger partial charge in [0, 0.05) is 30.3 Å². The second-order valence-corrected chi connectivity index (χ2v) is 5.49. The Kier molecular flexibility index (Phi) is 5.29. The molecule has 1 N–H and O–H groups in total. The SMILES string of the molecule is CNCc1cc(Br)ccc1N(C)CC(C)C. The maximum atomic E-state index is 3.52. The van der Waals surface area contributed by atoms with Crippen molar-refractivity contribution in [3.05, 3.63) is 28.2 Å². The predicted molar refractivity (Wildman–Crippen MR) is 75.0 cm³/mol. The summed E-state index contributed by atoms with van der Waals surface area (Å²) < 4.78 is 1.14. The molecule has 1 aromatic carbocycles. The highest BCUT2D eigenvalue weighted by atomic mass is 79.9. The number of nitrogens with zero attached hydrogens (tertiary/aromatic N) is 1. The average molecular weight is 285 g/mol. The zero-order valence-corrected chi connectivity index (χ0v) is 12.1. The van der Waals surface area contributed by atoms with Crippen molar-refractivity contribution in [1.29, 1.82) is 0 Å². The summed E-state index contributed by atoms with van der Waals surface area (Å²) in [5, 5.41) is 3.21. The first-order valence-corrected chi connectivity index (χ1v) is 6.48. The number of nitrogens with one attached hydrogen (secondary N) is 1. The van der Waals surface area contributed by atoms with E-state index in [0.29, 0.717) is 5.92 Å². The first kappa shape index (κ1) is 13.5. The maximum Gasteiger partial charge on any atom is 0.0410 e. The lowest BCUT2D eigenvalue weighted by molar-refractivity contribution is 0.636. The van der Waals surface area contributed by atoms with Gasteiger partial charge >= 0.3 is 0 Å². The zero-order valence-electron chi connectivity index (χ0n) is 10.5. The first-order chi connectivity index (χ1) is 7.54. The van der Waals surface area contributed by atoms with Gasteiger partial charge in [-0.15, -0.1) is 0 Å². The number of halogens is 1. The molecule has 0 fully saturated rings. The molecule has 0 saturated heterocycles. The highest BCUT2D eigenvalue weighted by Crippen LogP contribution is 2.24. The molecule has 0 aliphatic rings. The highest BCUT2D eigenvalue weighted by Gasteiger charge is 2.08. The summed E-state index contributed by atoms with van der Waals surface area (Å²) in [5.41, 5.74) is 2.64. The van der Waals surface area contributed by atoms with Crippen LogP contribution in [0.1, 0.15) is 19.4 Å². The molecule has 0 radical (unpaired) electrons. The molecule has 0 amide bonds. The number of hydrogen-bond acceptors (Lipinski definition) is 2. The van der Waals surface area contributed by atoms with Crippen LogP contribution in [-0.4, -0.2) is 20.6 Å². The lowest BCUT2D eigenvalue weighted by atomic mass is 10.1. The Morgan fingerprint density at radius 2 is 2.06 bits per heavy atom. The minimum atomic E-state index is 0.677. The second kappa shape index (κ2) is 6.26. The van der Waals surface area contributed by atoms with E-state index >= 15 is 0 Å². The van der Waals surface area contributed by atoms with Crippen LogP contribution in [0, 0.1) is 5.92 Å². The summed E-state index contributed by atoms with van der Waals surface area (Å²) in [7, 11) is 4.13. The molecule has 3 heteroatoms. The fourth-order valence-electron chi connectivity index (χ4n) is 1.90. The van der Waals surface area contributed by atoms with Gasteiger partial charge in [-0.2, -0.15) is 0 Å². The molecule has 90 valence electrons. The Balaban J connectivity index is 2.92. The van der Waals surface area contributed by atoms with Crippen LogP contribution in [0.3, 0.4) is 0 Å². The van der Waals surface area contributed by atoms with E-state index in [9.17, 15) is 0 Å². The summed E-state index contributed by atoms with van der Waals surface area (Å²) in [6.45, 7) is 6.47. The molecule has 0 atom stereocenters. The molecule has 0 heterocycles. The van der Waals surface area contributed by atoms with Gasteiger partial charge in [-0.3, -0.25) is 0 Å². The predicted octanol–water partition coefficient (Wildman–Crippen LogP) is 3.26. The summed E-state index contributed by atoms with van der Waals surface area (Å²) in [4.78, 5) is 2.32. The van der Waals surface area contributed by atoms with Crippen LogP contribution >= 0.6 is 15.9 Å². The van der Waals surface area contributed by atoms with E-state index in [2.05, 4.69) is 65.2 Å². The molecule has 0 aromatic heterocycles. The molecule has 0 saturated carbocycles. The van der Waals surface area contributed by atoms with Gasteiger partial charge in [-0.1, -0.05) is 29.8 Å². The quantitative estimate of drug-likeness (QED) is 0.893. The fourth-order valence-corrected chi connectivity index (χ4v) is 2.31. The van der Waals surface area contributed by atoms with Gasteiger partial charge in [0.15, 0.2) is 0 Å². The lowest BCUT2D eigenvalue weighted by Gasteiger charge is -2.24. The molecule has 16 heavy (non-hydrogen) atoms. The fraction of sp³-hybridized carbons (Fsp3) is 0.538. The molecular weight excluding hydrogens is 264 g/mol. The van der Waals surface area contributed by atoms with E-state index in [4.69, 9.17) is 0 Å². The largest absolute Gasteiger partial charge is 0.374 e.